The summed E-state index contributed by atoms with van der Waals surface area (Å²) in [5.41, 5.74) is -0.0147. The lowest BCUT2D eigenvalue weighted by Gasteiger charge is -2.43. The second-order valence-corrected chi connectivity index (χ2v) is 8.02. The van der Waals surface area contributed by atoms with Gasteiger partial charge in [0.15, 0.2) is 12.4 Å². The third-order valence-corrected chi connectivity index (χ3v) is 5.74. The lowest BCUT2D eigenvalue weighted by Crippen LogP contribution is -2.53. The number of fused-ring (bicyclic) bond motifs is 1. The van der Waals surface area contributed by atoms with E-state index in [0.717, 1.165) is 0 Å². The summed E-state index contributed by atoms with van der Waals surface area (Å²) in [6.45, 7) is 1.02. The zero-order valence-electron chi connectivity index (χ0n) is 15.1. The molecule has 2 aliphatic rings. The van der Waals surface area contributed by atoms with Crippen molar-refractivity contribution in [1.82, 2.24) is 4.90 Å². The molecule has 0 saturated carbocycles. The topological polar surface area (TPSA) is 55.8 Å². The number of piperidine rings is 1. The van der Waals surface area contributed by atoms with Gasteiger partial charge < -0.3 is 14.4 Å². The molecule has 0 unspecified atom stereocenters. The Morgan fingerprint density at radius 1 is 1.07 bits per heavy atom. The first kappa shape index (κ1) is 19.1. The van der Waals surface area contributed by atoms with Gasteiger partial charge in [0.05, 0.1) is 12.0 Å². The number of likely N-dealkylation sites (tertiary alicyclic amines) is 1. The standard InChI is InChI=1S/C21H19Cl2NO4/c22-14-1-4-16(5-2-14)27-13-20(26)24-9-7-21(8-10-24)12-18(25)17-11-15(23)3-6-19(17)28-21/h1-6,11H,7-10,12-13H2. The van der Waals surface area contributed by atoms with Gasteiger partial charge in [0, 0.05) is 36.0 Å². The van der Waals surface area contributed by atoms with E-state index in [2.05, 4.69) is 0 Å². The van der Waals surface area contributed by atoms with E-state index >= 15 is 0 Å². The molecule has 0 aliphatic carbocycles. The van der Waals surface area contributed by atoms with Crippen LogP contribution in [-0.4, -0.2) is 41.9 Å². The van der Waals surface area contributed by atoms with Crippen molar-refractivity contribution in [2.24, 2.45) is 0 Å². The van der Waals surface area contributed by atoms with Crippen LogP contribution >= 0.6 is 23.2 Å². The third kappa shape index (κ3) is 3.96. The number of hydrogen-bond donors (Lipinski definition) is 0. The Balaban J connectivity index is 1.35. The van der Waals surface area contributed by atoms with Crippen LogP contribution in [0.1, 0.15) is 29.6 Å². The van der Waals surface area contributed by atoms with Crippen LogP contribution < -0.4 is 9.47 Å². The van der Waals surface area contributed by atoms with Gasteiger partial charge in [-0.25, -0.2) is 0 Å². The van der Waals surface area contributed by atoms with E-state index in [9.17, 15) is 9.59 Å². The third-order valence-electron chi connectivity index (χ3n) is 5.25. The molecule has 2 aromatic carbocycles. The molecule has 0 N–H and O–H groups in total. The minimum atomic E-state index is -0.550. The second kappa shape index (κ2) is 7.64. The highest BCUT2D eigenvalue weighted by atomic mass is 35.5. The summed E-state index contributed by atoms with van der Waals surface area (Å²) in [4.78, 5) is 26.8. The number of ketones is 1. The number of nitrogens with zero attached hydrogens (tertiary/aromatic N) is 1. The van der Waals surface area contributed by atoms with E-state index in [4.69, 9.17) is 32.7 Å². The van der Waals surface area contributed by atoms with Gasteiger partial charge in [-0.05, 0) is 42.5 Å². The molecule has 7 heteroatoms. The van der Waals surface area contributed by atoms with Crippen molar-refractivity contribution >= 4 is 34.9 Å². The second-order valence-electron chi connectivity index (χ2n) is 7.15. The number of carbonyl (C=O) groups excluding carboxylic acids is 2. The SMILES string of the molecule is O=C1CC2(CCN(C(=O)COc3ccc(Cl)cc3)CC2)Oc2ccc(Cl)cc21. The molecular weight excluding hydrogens is 401 g/mol. The average molecular weight is 420 g/mol. The molecule has 1 spiro atoms. The first-order chi connectivity index (χ1) is 13.4. The van der Waals surface area contributed by atoms with Gasteiger partial charge >= 0.3 is 0 Å². The Hall–Kier alpha value is -2.24. The van der Waals surface area contributed by atoms with Gasteiger partial charge in [-0.2, -0.15) is 0 Å². The highest BCUT2D eigenvalue weighted by molar-refractivity contribution is 6.31. The Labute approximate surface area is 173 Å². The van der Waals surface area contributed by atoms with Crippen LogP contribution in [0.5, 0.6) is 11.5 Å². The summed E-state index contributed by atoms with van der Waals surface area (Å²) in [7, 11) is 0. The molecule has 0 aromatic heterocycles. The normalized spacial score (nSPS) is 17.8. The maximum absolute atomic E-state index is 12.6. The zero-order valence-corrected chi connectivity index (χ0v) is 16.6. The minimum Gasteiger partial charge on any atom is -0.486 e. The molecular formula is C21H19Cl2NO4. The van der Waals surface area contributed by atoms with Crippen LogP contribution in [-0.2, 0) is 4.79 Å². The Kier molecular flexibility index (Phi) is 5.21. The predicted octanol–water partition coefficient (Wildman–Crippen LogP) is 4.40. The fourth-order valence-electron chi connectivity index (χ4n) is 3.68. The van der Waals surface area contributed by atoms with Crippen molar-refractivity contribution < 1.29 is 19.1 Å². The van der Waals surface area contributed by atoms with Crippen molar-refractivity contribution in [2.45, 2.75) is 24.9 Å². The van der Waals surface area contributed by atoms with Crippen molar-refractivity contribution in [3.05, 3.63) is 58.1 Å². The molecule has 2 aliphatic heterocycles. The molecule has 5 nitrogen and oxygen atoms in total. The Morgan fingerprint density at radius 3 is 2.46 bits per heavy atom. The minimum absolute atomic E-state index is 0.0320. The Morgan fingerprint density at radius 2 is 1.75 bits per heavy atom. The van der Waals surface area contributed by atoms with Crippen LogP contribution in [0.3, 0.4) is 0 Å². The number of carbonyl (C=O) groups is 2. The van der Waals surface area contributed by atoms with Gasteiger partial charge in [-0.1, -0.05) is 23.2 Å². The van der Waals surface area contributed by atoms with Gasteiger partial charge in [0.1, 0.15) is 17.1 Å². The summed E-state index contributed by atoms with van der Waals surface area (Å²) in [6.07, 6.45) is 1.52. The Bertz CT molecular complexity index is 905. The molecule has 0 bridgehead atoms. The van der Waals surface area contributed by atoms with Crippen LogP contribution in [0.2, 0.25) is 10.0 Å². The first-order valence-electron chi connectivity index (χ1n) is 9.12. The predicted molar refractivity (Wildman–Crippen MR) is 107 cm³/mol. The summed E-state index contributed by atoms with van der Waals surface area (Å²) in [6, 6.07) is 12.0. The first-order valence-corrected chi connectivity index (χ1v) is 9.88. The van der Waals surface area contributed by atoms with Gasteiger partial charge in [0.2, 0.25) is 0 Å². The summed E-state index contributed by atoms with van der Waals surface area (Å²) < 4.78 is 11.7. The fourth-order valence-corrected chi connectivity index (χ4v) is 3.97. The van der Waals surface area contributed by atoms with Gasteiger partial charge in [0.25, 0.3) is 5.91 Å². The zero-order chi connectivity index (χ0) is 19.7. The molecule has 4 rings (SSSR count). The lowest BCUT2D eigenvalue weighted by atomic mass is 9.82. The molecule has 0 atom stereocenters. The summed E-state index contributed by atoms with van der Waals surface area (Å²) >= 11 is 11.8. The number of halogens is 2. The number of Topliss-reactive ketones (excluding diaryl/α,β-unsaturated/α-hetero) is 1. The van der Waals surface area contributed by atoms with Crippen molar-refractivity contribution in [2.75, 3.05) is 19.7 Å². The van der Waals surface area contributed by atoms with E-state index < -0.39 is 5.60 Å². The van der Waals surface area contributed by atoms with Crippen molar-refractivity contribution in [3.63, 3.8) is 0 Å². The van der Waals surface area contributed by atoms with Crippen LogP contribution in [0.15, 0.2) is 42.5 Å². The molecule has 28 heavy (non-hydrogen) atoms. The maximum Gasteiger partial charge on any atom is 0.260 e. The molecule has 1 fully saturated rings. The van der Waals surface area contributed by atoms with E-state index in [1.165, 1.54) is 0 Å². The van der Waals surface area contributed by atoms with E-state index in [1.54, 1.807) is 47.4 Å². The summed E-state index contributed by atoms with van der Waals surface area (Å²) in [5, 5.41) is 1.14. The highest BCUT2D eigenvalue weighted by Gasteiger charge is 2.43. The van der Waals surface area contributed by atoms with Crippen molar-refractivity contribution in [1.29, 1.82) is 0 Å². The smallest absolute Gasteiger partial charge is 0.260 e. The number of rotatable bonds is 3. The maximum atomic E-state index is 12.6. The fraction of sp³-hybridized carbons (Fsp3) is 0.333. The molecule has 2 aromatic rings. The number of hydrogen-bond acceptors (Lipinski definition) is 4. The van der Waals surface area contributed by atoms with E-state index in [0.29, 0.717) is 59.5 Å². The molecule has 1 saturated heterocycles. The highest BCUT2D eigenvalue weighted by Crippen LogP contribution is 2.40. The monoisotopic (exact) mass is 419 g/mol. The quantitative estimate of drug-likeness (QED) is 0.739. The summed E-state index contributed by atoms with van der Waals surface area (Å²) in [5.74, 6) is 1.13. The molecule has 1 amide bonds. The molecule has 0 radical (unpaired) electrons. The average Bonchev–Trinajstić information content (AvgIpc) is 2.69. The van der Waals surface area contributed by atoms with Gasteiger partial charge in [-0.15, -0.1) is 0 Å². The van der Waals surface area contributed by atoms with Gasteiger partial charge in [-0.3, -0.25) is 9.59 Å². The van der Waals surface area contributed by atoms with Crippen LogP contribution in [0.4, 0.5) is 0 Å². The van der Waals surface area contributed by atoms with E-state index in [-0.39, 0.29) is 18.3 Å². The molecule has 146 valence electrons. The van der Waals surface area contributed by atoms with E-state index in [1.807, 2.05) is 0 Å². The lowest BCUT2D eigenvalue weighted by molar-refractivity contribution is -0.136. The molecule has 2 heterocycles. The van der Waals surface area contributed by atoms with Crippen LogP contribution in [0.25, 0.3) is 0 Å². The van der Waals surface area contributed by atoms with Crippen molar-refractivity contribution in [3.8, 4) is 11.5 Å². The largest absolute Gasteiger partial charge is 0.486 e. The number of ether oxygens (including phenoxy) is 2. The van der Waals surface area contributed by atoms with Crippen LogP contribution in [0, 0.1) is 0 Å². The number of amides is 1. The number of benzene rings is 2.